The Morgan fingerprint density at radius 1 is 1.21 bits per heavy atom. The molecule has 0 spiro atoms. The van der Waals surface area contributed by atoms with Crippen molar-refractivity contribution in [3.8, 4) is 5.75 Å². The highest BCUT2D eigenvalue weighted by Gasteiger charge is 2.30. The van der Waals surface area contributed by atoms with Crippen LogP contribution >= 0.6 is 0 Å². The highest BCUT2D eigenvalue weighted by molar-refractivity contribution is 5.96. The molecule has 2 aromatic carbocycles. The first-order valence-corrected chi connectivity index (χ1v) is 7.96. The molecule has 3 N–H and O–H groups in total. The molecule has 0 aromatic heterocycles. The number of carbonyl (C=O) groups is 1. The Kier molecular flexibility index (Phi) is 5.08. The van der Waals surface area contributed by atoms with Crippen molar-refractivity contribution in [1.29, 1.82) is 0 Å². The molecule has 2 atom stereocenters. The Hall–Kier alpha value is -2.44. The fourth-order valence-corrected chi connectivity index (χ4v) is 2.71. The lowest BCUT2D eigenvalue weighted by molar-refractivity contribution is -0.117. The van der Waals surface area contributed by atoms with Crippen molar-refractivity contribution in [3.63, 3.8) is 0 Å². The smallest absolute Gasteiger partial charge is 0.243 e. The van der Waals surface area contributed by atoms with E-state index >= 15 is 0 Å². The summed E-state index contributed by atoms with van der Waals surface area (Å²) in [6.07, 6.45) is 0.578. The molecule has 5 nitrogen and oxygen atoms in total. The summed E-state index contributed by atoms with van der Waals surface area (Å²) in [5, 5.41) is 2.89. The van der Waals surface area contributed by atoms with Crippen LogP contribution < -0.4 is 20.9 Å². The molecule has 0 saturated carbocycles. The molecule has 24 heavy (non-hydrogen) atoms. The number of anilines is 1. The SMILES string of the molecule is CCOc1ccccc1NC(=O)C1CC(c2ccc(F)cc2)NN1. The molecule has 0 bridgehead atoms. The molecule has 1 fully saturated rings. The number of amides is 1. The van der Waals surface area contributed by atoms with Gasteiger partial charge in [-0.1, -0.05) is 24.3 Å². The summed E-state index contributed by atoms with van der Waals surface area (Å²) in [7, 11) is 0. The van der Waals surface area contributed by atoms with Gasteiger partial charge in [0.05, 0.1) is 12.3 Å². The normalized spacial score (nSPS) is 19.9. The summed E-state index contributed by atoms with van der Waals surface area (Å²) in [6, 6.07) is 13.2. The molecule has 0 aliphatic carbocycles. The van der Waals surface area contributed by atoms with Gasteiger partial charge in [0, 0.05) is 6.04 Å². The van der Waals surface area contributed by atoms with E-state index in [0.29, 0.717) is 24.5 Å². The summed E-state index contributed by atoms with van der Waals surface area (Å²) in [5.74, 6) is 0.236. The lowest BCUT2D eigenvalue weighted by Gasteiger charge is -2.14. The van der Waals surface area contributed by atoms with E-state index in [1.165, 1.54) is 12.1 Å². The maximum Gasteiger partial charge on any atom is 0.243 e. The largest absolute Gasteiger partial charge is 0.492 e. The first-order chi connectivity index (χ1) is 11.7. The predicted octanol–water partition coefficient (Wildman–Crippen LogP) is 2.77. The molecule has 126 valence electrons. The van der Waals surface area contributed by atoms with Crippen molar-refractivity contribution in [3.05, 3.63) is 59.9 Å². The van der Waals surface area contributed by atoms with Crippen LogP contribution in [0.1, 0.15) is 24.9 Å². The number of ether oxygens (including phenoxy) is 1. The van der Waals surface area contributed by atoms with Gasteiger partial charge in [0.15, 0.2) is 0 Å². The molecule has 6 heteroatoms. The summed E-state index contributed by atoms with van der Waals surface area (Å²) in [4.78, 5) is 12.5. The number of hydrogen-bond donors (Lipinski definition) is 3. The van der Waals surface area contributed by atoms with Gasteiger partial charge >= 0.3 is 0 Å². The topological polar surface area (TPSA) is 62.4 Å². The van der Waals surface area contributed by atoms with Crippen LogP contribution in [0.25, 0.3) is 0 Å². The molecule has 1 aliphatic rings. The number of halogens is 1. The maximum absolute atomic E-state index is 13.0. The van der Waals surface area contributed by atoms with Crippen molar-refractivity contribution >= 4 is 11.6 Å². The minimum Gasteiger partial charge on any atom is -0.492 e. The van der Waals surface area contributed by atoms with Crippen molar-refractivity contribution in [1.82, 2.24) is 10.9 Å². The Morgan fingerprint density at radius 2 is 1.96 bits per heavy atom. The zero-order valence-corrected chi connectivity index (χ0v) is 13.4. The molecule has 1 aliphatic heterocycles. The quantitative estimate of drug-likeness (QED) is 0.789. The third-order valence-corrected chi connectivity index (χ3v) is 3.94. The van der Waals surface area contributed by atoms with Gasteiger partial charge in [-0.15, -0.1) is 0 Å². The summed E-state index contributed by atoms with van der Waals surface area (Å²) in [6.45, 7) is 2.43. The number of hydrogen-bond acceptors (Lipinski definition) is 4. The van der Waals surface area contributed by atoms with Gasteiger partial charge in [-0.3, -0.25) is 4.79 Å². The zero-order chi connectivity index (χ0) is 16.9. The molecule has 2 unspecified atom stereocenters. The van der Waals surface area contributed by atoms with Crippen LogP contribution in [-0.4, -0.2) is 18.6 Å². The van der Waals surface area contributed by atoms with Crippen molar-refractivity contribution < 1.29 is 13.9 Å². The first kappa shape index (κ1) is 16.4. The van der Waals surface area contributed by atoms with E-state index in [2.05, 4.69) is 16.2 Å². The van der Waals surface area contributed by atoms with E-state index < -0.39 is 0 Å². The fraction of sp³-hybridized carbons (Fsp3) is 0.278. The monoisotopic (exact) mass is 329 g/mol. The molecule has 1 amide bonds. The van der Waals surface area contributed by atoms with Crippen LogP contribution in [-0.2, 0) is 4.79 Å². The lowest BCUT2D eigenvalue weighted by Crippen LogP contribution is -2.39. The number of nitrogens with one attached hydrogen (secondary N) is 3. The fourth-order valence-electron chi connectivity index (χ4n) is 2.71. The lowest BCUT2D eigenvalue weighted by atomic mass is 10.0. The van der Waals surface area contributed by atoms with Crippen molar-refractivity contribution in [2.24, 2.45) is 0 Å². The summed E-state index contributed by atoms with van der Waals surface area (Å²) in [5.41, 5.74) is 7.67. The Morgan fingerprint density at radius 3 is 2.71 bits per heavy atom. The van der Waals surface area contributed by atoms with E-state index in [0.717, 1.165) is 5.56 Å². The van der Waals surface area contributed by atoms with Gasteiger partial charge in [-0.2, -0.15) is 0 Å². The number of hydrazine groups is 1. The first-order valence-electron chi connectivity index (χ1n) is 7.96. The third kappa shape index (κ3) is 3.72. The molecular weight excluding hydrogens is 309 g/mol. The van der Waals surface area contributed by atoms with Crippen LogP contribution in [0.4, 0.5) is 10.1 Å². The van der Waals surface area contributed by atoms with Crippen molar-refractivity contribution in [2.45, 2.75) is 25.4 Å². The third-order valence-electron chi connectivity index (χ3n) is 3.94. The predicted molar refractivity (Wildman–Crippen MR) is 90.1 cm³/mol. The second-order valence-corrected chi connectivity index (χ2v) is 5.60. The molecular formula is C18H20FN3O2. The number of rotatable bonds is 5. The van der Waals surface area contributed by atoms with E-state index in [1.54, 1.807) is 12.1 Å². The molecule has 3 rings (SSSR count). The van der Waals surface area contributed by atoms with Gasteiger partial charge in [-0.05, 0) is 43.2 Å². The maximum atomic E-state index is 13.0. The van der Waals surface area contributed by atoms with E-state index in [1.807, 2.05) is 31.2 Å². The van der Waals surface area contributed by atoms with Gasteiger partial charge in [0.2, 0.25) is 5.91 Å². The zero-order valence-electron chi connectivity index (χ0n) is 13.4. The Labute approximate surface area is 140 Å². The van der Waals surface area contributed by atoms with E-state index in [4.69, 9.17) is 4.74 Å². The van der Waals surface area contributed by atoms with E-state index in [-0.39, 0.29) is 23.8 Å². The van der Waals surface area contributed by atoms with Gasteiger partial charge in [-0.25, -0.2) is 15.2 Å². The number of benzene rings is 2. The molecule has 1 heterocycles. The summed E-state index contributed by atoms with van der Waals surface area (Å²) >= 11 is 0. The van der Waals surface area contributed by atoms with Crippen LogP contribution in [0, 0.1) is 5.82 Å². The van der Waals surface area contributed by atoms with Crippen LogP contribution in [0.15, 0.2) is 48.5 Å². The average molecular weight is 329 g/mol. The standard InChI is InChI=1S/C18H20FN3O2/c1-2-24-17-6-4-3-5-14(17)20-18(23)16-11-15(21-22-16)12-7-9-13(19)10-8-12/h3-10,15-16,21-22H,2,11H2,1H3,(H,20,23). The highest BCUT2D eigenvalue weighted by atomic mass is 19.1. The summed E-state index contributed by atoms with van der Waals surface area (Å²) < 4.78 is 18.5. The van der Waals surface area contributed by atoms with E-state index in [9.17, 15) is 9.18 Å². The Balaban J connectivity index is 1.63. The second-order valence-electron chi connectivity index (χ2n) is 5.60. The minimum atomic E-state index is -0.380. The number of carbonyl (C=O) groups excluding carboxylic acids is 1. The number of para-hydroxylation sites is 2. The highest BCUT2D eigenvalue weighted by Crippen LogP contribution is 2.26. The molecule has 1 saturated heterocycles. The van der Waals surface area contributed by atoms with Crippen molar-refractivity contribution in [2.75, 3.05) is 11.9 Å². The van der Waals surface area contributed by atoms with Crippen LogP contribution in [0.5, 0.6) is 5.75 Å². The Bertz CT molecular complexity index is 706. The van der Waals surface area contributed by atoms with Gasteiger partial charge in [0.25, 0.3) is 0 Å². The van der Waals surface area contributed by atoms with Gasteiger partial charge in [0.1, 0.15) is 17.6 Å². The average Bonchev–Trinajstić information content (AvgIpc) is 3.08. The molecule has 0 radical (unpaired) electrons. The molecule has 2 aromatic rings. The van der Waals surface area contributed by atoms with Crippen LogP contribution in [0.3, 0.4) is 0 Å². The second kappa shape index (κ2) is 7.42. The van der Waals surface area contributed by atoms with Crippen LogP contribution in [0.2, 0.25) is 0 Å². The minimum absolute atomic E-state index is 0.0384. The van der Waals surface area contributed by atoms with Gasteiger partial charge < -0.3 is 10.1 Å².